The molecule has 2 rings (SSSR count). The van der Waals surface area contributed by atoms with E-state index >= 15 is 0 Å². The van der Waals surface area contributed by atoms with Gasteiger partial charge >= 0.3 is 0 Å². The Hall–Kier alpha value is -0.890. The van der Waals surface area contributed by atoms with Gasteiger partial charge in [0.05, 0.1) is 0 Å². The van der Waals surface area contributed by atoms with Gasteiger partial charge in [0, 0.05) is 19.0 Å². The van der Waals surface area contributed by atoms with Crippen molar-refractivity contribution in [3.63, 3.8) is 0 Å². The molecule has 1 N–H and O–H groups in total. The second-order valence-electron chi connectivity index (χ2n) is 4.21. The van der Waals surface area contributed by atoms with Gasteiger partial charge in [-0.2, -0.15) is 0 Å². The van der Waals surface area contributed by atoms with E-state index < -0.39 is 0 Å². The Morgan fingerprint density at radius 2 is 2.23 bits per heavy atom. The molecule has 0 amide bonds. The van der Waals surface area contributed by atoms with E-state index in [4.69, 9.17) is 5.11 Å². The Morgan fingerprint density at radius 1 is 1.46 bits per heavy atom. The zero-order valence-electron chi connectivity index (χ0n) is 7.95. The van der Waals surface area contributed by atoms with Gasteiger partial charge in [-0.25, -0.2) is 0 Å². The van der Waals surface area contributed by atoms with Crippen molar-refractivity contribution in [2.75, 3.05) is 6.61 Å². The fraction of sp³-hybridized carbons (Fsp3) is 0.545. The van der Waals surface area contributed by atoms with Crippen LogP contribution < -0.4 is 0 Å². The van der Waals surface area contributed by atoms with Gasteiger partial charge in [0.25, 0.3) is 0 Å². The van der Waals surface area contributed by atoms with Crippen LogP contribution in [0, 0.1) is 12.3 Å². The van der Waals surface area contributed by atoms with E-state index in [2.05, 4.69) is 18.0 Å². The Labute approximate surface area is 78.6 Å². The highest BCUT2D eigenvalue weighted by Crippen LogP contribution is 2.47. The summed E-state index contributed by atoms with van der Waals surface area (Å²) in [6.45, 7) is 2.37. The first-order valence-electron chi connectivity index (χ1n) is 4.76. The first-order valence-corrected chi connectivity index (χ1v) is 4.76. The summed E-state index contributed by atoms with van der Waals surface area (Å²) in [5.41, 5.74) is 2.66. The average Bonchev–Trinajstić information content (AvgIpc) is 2.86. The van der Waals surface area contributed by atoms with Crippen molar-refractivity contribution in [1.82, 2.24) is 4.98 Å². The summed E-state index contributed by atoms with van der Waals surface area (Å²) in [5.74, 6) is 0. The van der Waals surface area contributed by atoms with Crippen molar-refractivity contribution >= 4 is 0 Å². The van der Waals surface area contributed by atoms with Crippen molar-refractivity contribution in [1.29, 1.82) is 0 Å². The number of rotatable bonds is 3. The number of aliphatic hydroxyl groups excluding tert-OH is 1. The Kier molecular flexibility index (Phi) is 2.08. The molecule has 0 spiro atoms. The number of pyridine rings is 1. The van der Waals surface area contributed by atoms with Crippen molar-refractivity contribution in [2.24, 2.45) is 5.41 Å². The van der Waals surface area contributed by atoms with Gasteiger partial charge in [-0.3, -0.25) is 4.98 Å². The molecule has 1 saturated carbocycles. The third-order valence-electron chi connectivity index (χ3n) is 2.80. The molecule has 2 nitrogen and oxygen atoms in total. The van der Waals surface area contributed by atoms with E-state index in [-0.39, 0.29) is 5.41 Å². The van der Waals surface area contributed by atoms with Gasteiger partial charge in [-0.05, 0) is 42.7 Å². The lowest BCUT2D eigenvalue weighted by atomic mass is 9.98. The van der Waals surface area contributed by atoms with E-state index in [9.17, 15) is 0 Å². The SMILES string of the molecule is Cc1cncc(CC2(CO)CC2)c1. The standard InChI is InChI=1S/C11H15NO/c1-9-4-10(7-12-6-9)5-11(8-13)2-3-11/h4,6-7,13H,2-3,5,8H2,1H3. The maximum atomic E-state index is 9.17. The molecule has 13 heavy (non-hydrogen) atoms. The zero-order chi connectivity index (χ0) is 9.31. The molecule has 0 saturated heterocycles. The molecule has 2 heteroatoms. The highest BCUT2D eigenvalue weighted by atomic mass is 16.3. The maximum Gasteiger partial charge on any atom is 0.0490 e. The molecule has 70 valence electrons. The number of aryl methyl sites for hydroxylation is 1. The van der Waals surface area contributed by atoms with Crippen molar-refractivity contribution in [2.45, 2.75) is 26.2 Å². The Morgan fingerprint density at radius 3 is 2.77 bits per heavy atom. The molecule has 0 atom stereocenters. The molecular formula is C11H15NO. The van der Waals surface area contributed by atoms with Gasteiger partial charge in [-0.1, -0.05) is 6.07 Å². The number of nitrogens with zero attached hydrogens (tertiary/aromatic N) is 1. The lowest BCUT2D eigenvalue weighted by Crippen LogP contribution is -2.10. The summed E-state index contributed by atoms with van der Waals surface area (Å²) in [7, 11) is 0. The third kappa shape index (κ3) is 1.89. The predicted molar refractivity (Wildman–Crippen MR) is 51.4 cm³/mol. The minimum absolute atomic E-state index is 0.204. The number of hydrogen-bond acceptors (Lipinski definition) is 2. The van der Waals surface area contributed by atoms with Crippen LogP contribution in [-0.2, 0) is 6.42 Å². The van der Waals surface area contributed by atoms with E-state index in [0.29, 0.717) is 6.61 Å². The smallest absolute Gasteiger partial charge is 0.0490 e. The molecule has 1 aliphatic rings. The van der Waals surface area contributed by atoms with Gasteiger partial charge in [0.1, 0.15) is 0 Å². The van der Waals surface area contributed by atoms with Crippen LogP contribution in [0.15, 0.2) is 18.5 Å². The van der Waals surface area contributed by atoms with Crippen molar-refractivity contribution in [3.8, 4) is 0 Å². The summed E-state index contributed by atoms with van der Waals surface area (Å²) in [6.07, 6.45) is 7.08. The molecule has 0 aromatic carbocycles. The summed E-state index contributed by atoms with van der Waals surface area (Å²) < 4.78 is 0. The molecule has 1 aliphatic carbocycles. The minimum atomic E-state index is 0.204. The molecule has 1 aromatic heterocycles. The molecule has 0 radical (unpaired) electrons. The monoisotopic (exact) mass is 177 g/mol. The van der Waals surface area contributed by atoms with E-state index in [0.717, 1.165) is 19.3 Å². The zero-order valence-corrected chi connectivity index (χ0v) is 7.95. The second kappa shape index (κ2) is 3.11. The van der Waals surface area contributed by atoms with Crippen LogP contribution in [0.2, 0.25) is 0 Å². The number of hydrogen-bond donors (Lipinski definition) is 1. The Balaban J connectivity index is 2.09. The van der Waals surface area contributed by atoms with Crippen LogP contribution >= 0.6 is 0 Å². The molecule has 1 fully saturated rings. The van der Waals surface area contributed by atoms with Crippen LogP contribution in [0.3, 0.4) is 0 Å². The largest absolute Gasteiger partial charge is 0.396 e. The van der Waals surface area contributed by atoms with E-state index in [1.807, 2.05) is 12.4 Å². The number of aliphatic hydroxyl groups is 1. The molecule has 1 heterocycles. The first kappa shape index (κ1) is 8.70. The normalized spacial score (nSPS) is 18.6. The molecular weight excluding hydrogens is 162 g/mol. The summed E-state index contributed by atoms with van der Waals surface area (Å²) in [4.78, 5) is 4.15. The van der Waals surface area contributed by atoms with Crippen LogP contribution in [0.4, 0.5) is 0 Å². The van der Waals surface area contributed by atoms with Crippen LogP contribution in [0.5, 0.6) is 0 Å². The van der Waals surface area contributed by atoms with Crippen molar-refractivity contribution < 1.29 is 5.11 Å². The lowest BCUT2D eigenvalue weighted by Gasteiger charge is -2.10. The van der Waals surface area contributed by atoms with E-state index in [1.165, 1.54) is 11.1 Å². The van der Waals surface area contributed by atoms with Gasteiger partial charge < -0.3 is 5.11 Å². The topological polar surface area (TPSA) is 33.1 Å². The summed E-state index contributed by atoms with van der Waals surface area (Å²) >= 11 is 0. The fourth-order valence-corrected chi connectivity index (χ4v) is 1.71. The number of aromatic nitrogens is 1. The van der Waals surface area contributed by atoms with Gasteiger partial charge in [0.2, 0.25) is 0 Å². The fourth-order valence-electron chi connectivity index (χ4n) is 1.71. The van der Waals surface area contributed by atoms with Crippen LogP contribution in [0.25, 0.3) is 0 Å². The second-order valence-corrected chi connectivity index (χ2v) is 4.21. The van der Waals surface area contributed by atoms with E-state index in [1.54, 1.807) is 0 Å². The summed E-state index contributed by atoms with van der Waals surface area (Å²) in [6, 6.07) is 2.16. The first-order chi connectivity index (χ1) is 6.24. The van der Waals surface area contributed by atoms with Crippen molar-refractivity contribution in [3.05, 3.63) is 29.6 Å². The lowest BCUT2D eigenvalue weighted by molar-refractivity contribution is 0.211. The third-order valence-corrected chi connectivity index (χ3v) is 2.80. The Bertz CT molecular complexity index is 305. The molecule has 0 bridgehead atoms. The molecule has 0 aliphatic heterocycles. The molecule has 1 aromatic rings. The van der Waals surface area contributed by atoms with Gasteiger partial charge in [0.15, 0.2) is 0 Å². The van der Waals surface area contributed by atoms with Gasteiger partial charge in [-0.15, -0.1) is 0 Å². The minimum Gasteiger partial charge on any atom is -0.396 e. The highest BCUT2D eigenvalue weighted by molar-refractivity contribution is 5.19. The highest BCUT2D eigenvalue weighted by Gasteiger charge is 2.41. The molecule has 0 unspecified atom stereocenters. The average molecular weight is 177 g/mol. The van der Waals surface area contributed by atoms with Crippen LogP contribution in [-0.4, -0.2) is 16.7 Å². The summed E-state index contributed by atoms with van der Waals surface area (Å²) in [5, 5.41) is 9.17. The quantitative estimate of drug-likeness (QED) is 0.762. The predicted octanol–water partition coefficient (Wildman–Crippen LogP) is 1.71. The maximum absolute atomic E-state index is 9.17. The van der Waals surface area contributed by atoms with Crippen LogP contribution in [0.1, 0.15) is 24.0 Å².